The van der Waals surface area contributed by atoms with Gasteiger partial charge in [0.1, 0.15) is 5.75 Å². The minimum absolute atomic E-state index is 0.0413. The Kier molecular flexibility index (Phi) is 3.54. The summed E-state index contributed by atoms with van der Waals surface area (Å²) in [6.45, 7) is 0.0413. The van der Waals surface area contributed by atoms with Crippen LogP contribution in [-0.4, -0.2) is 16.8 Å². The monoisotopic (exact) mass is 201 g/mol. The van der Waals surface area contributed by atoms with Gasteiger partial charge in [0.05, 0.1) is 5.02 Å². The van der Waals surface area contributed by atoms with Crippen LogP contribution in [0.5, 0.6) is 5.75 Å². The van der Waals surface area contributed by atoms with Crippen molar-refractivity contribution < 1.29 is 10.2 Å². The Morgan fingerprint density at radius 3 is 2.69 bits per heavy atom. The number of halogens is 1. The molecule has 3 nitrogen and oxygen atoms in total. The zero-order valence-electron chi connectivity index (χ0n) is 7.07. The second-order valence-corrected chi connectivity index (χ2v) is 3.24. The summed E-state index contributed by atoms with van der Waals surface area (Å²) in [4.78, 5) is 0. The van der Waals surface area contributed by atoms with Gasteiger partial charge in [0, 0.05) is 12.6 Å². The average Bonchev–Trinajstić information content (AvgIpc) is 2.10. The molecule has 0 radical (unpaired) electrons. The van der Waals surface area contributed by atoms with Crippen LogP contribution in [0.4, 0.5) is 0 Å². The van der Waals surface area contributed by atoms with Gasteiger partial charge in [0.15, 0.2) is 0 Å². The number of phenols is 1. The predicted octanol–water partition coefficient (Wildman–Crippen LogP) is 1.43. The number of phenolic OH excluding ortho intramolecular Hbond substituents is 1. The number of hydrogen-bond donors (Lipinski definition) is 3. The standard InChI is InChI=1S/C9H12ClNO2/c10-7-5-6(1-2-9(7)13)8(11)3-4-12/h1-2,5,8,12-13H,3-4,11H2/t8-/m0/s1. The van der Waals surface area contributed by atoms with Gasteiger partial charge in [-0.2, -0.15) is 0 Å². The first-order chi connectivity index (χ1) is 6.15. The molecule has 4 N–H and O–H groups in total. The lowest BCUT2D eigenvalue weighted by Gasteiger charge is -2.10. The van der Waals surface area contributed by atoms with Crippen molar-refractivity contribution in [3.63, 3.8) is 0 Å². The van der Waals surface area contributed by atoms with Gasteiger partial charge in [-0.05, 0) is 24.1 Å². The quantitative estimate of drug-likeness (QED) is 0.693. The normalized spacial score (nSPS) is 12.8. The van der Waals surface area contributed by atoms with Gasteiger partial charge in [0.2, 0.25) is 0 Å². The summed E-state index contributed by atoms with van der Waals surface area (Å²) in [5.41, 5.74) is 6.54. The number of nitrogens with two attached hydrogens (primary N) is 1. The highest BCUT2D eigenvalue weighted by Crippen LogP contribution is 2.26. The van der Waals surface area contributed by atoms with Crippen molar-refractivity contribution in [3.8, 4) is 5.75 Å². The van der Waals surface area contributed by atoms with Crippen molar-refractivity contribution in [2.45, 2.75) is 12.5 Å². The number of aliphatic hydroxyl groups is 1. The van der Waals surface area contributed by atoms with E-state index in [1.807, 2.05) is 0 Å². The third kappa shape index (κ3) is 2.59. The summed E-state index contributed by atoms with van der Waals surface area (Å²) < 4.78 is 0. The number of benzene rings is 1. The summed E-state index contributed by atoms with van der Waals surface area (Å²) in [5, 5.41) is 18.1. The van der Waals surface area contributed by atoms with Crippen LogP contribution in [0.1, 0.15) is 18.0 Å². The van der Waals surface area contributed by atoms with E-state index in [0.717, 1.165) is 5.56 Å². The maximum atomic E-state index is 9.13. The van der Waals surface area contributed by atoms with E-state index in [0.29, 0.717) is 6.42 Å². The minimum atomic E-state index is -0.233. The largest absolute Gasteiger partial charge is 0.506 e. The van der Waals surface area contributed by atoms with Crippen LogP contribution in [0, 0.1) is 0 Å². The van der Waals surface area contributed by atoms with Crippen molar-refractivity contribution in [3.05, 3.63) is 28.8 Å². The second-order valence-electron chi connectivity index (χ2n) is 2.83. The molecule has 0 bridgehead atoms. The molecule has 0 heterocycles. The highest BCUT2D eigenvalue weighted by atomic mass is 35.5. The number of aliphatic hydroxyl groups excluding tert-OH is 1. The molecule has 13 heavy (non-hydrogen) atoms. The van der Waals surface area contributed by atoms with Gasteiger partial charge >= 0.3 is 0 Å². The van der Waals surface area contributed by atoms with Gasteiger partial charge in [-0.15, -0.1) is 0 Å². The Bertz CT molecular complexity index is 291. The van der Waals surface area contributed by atoms with E-state index in [2.05, 4.69) is 0 Å². The van der Waals surface area contributed by atoms with Crippen LogP contribution in [-0.2, 0) is 0 Å². The predicted molar refractivity (Wildman–Crippen MR) is 51.7 cm³/mol. The van der Waals surface area contributed by atoms with Crippen LogP contribution in [0.25, 0.3) is 0 Å². The van der Waals surface area contributed by atoms with Crippen LogP contribution in [0.3, 0.4) is 0 Å². The lowest BCUT2D eigenvalue weighted by Crippen LogP contribution is -2.11. The SMILES string of the molecule is N[C@@H](CCO)c1ccc(O)c(Cl)c1. The molecule has 0 aliphatic heterocycles. The average molecular weight is 202 g/mol. The molecular weight excluding hydrogens is 190 g/mol. The molecule has 72 valence electrons. The van der Waals surface area contributed by atoms with E-state index in [1.54, 1.807) is 12.1 Å². The van der Waals surface area contributed by atoms with Crippen molar-refractivity contribution in [2.24, 2.45) is 5.73 Å². The smallest absolute Gasteiger partial charge is 0.134 e. The lowest BCUT2D eigenvalue weighted by atomic mass is 10.1. The molecule has 0 spiro atoms. The van der Waals surface area contributed by atoms with Crippen molar-refractivity contribution in [1.29, 1.82) is 0 Å². The summed E-state index contributed by atoms with van der Waals surface area (Å²) in [6, 6.07) is 4.57. The molecule has 1 atom stereocenters. The Balaban J connectivity index is 2.84. The molecule has 0 aliphatic carbocycles. The molecule has 0 saturated carbocycles. The van der Waals surface area contributed by atoms with Gasteiger partial charge < -0.3 is 15.9 Å². The third-order valence-corrected chi connectivity index (χ3v) is 2.14. The first-order valence-electron chi connectivity index (χ1n) is 4.00. The van der Waals surface area contributed by atoms with E-state index in [4.69, 9.17) is 27.5 Å². The highest BCUT2D eigenvalue weighted by molar-refractivity contribution is 6.32. The zero-order chi connectivity index (χ0) is 9.84. The minimum Gasteiger partial charge on any atom is -0.506 e. The fourth-order valence-electron chi connectivity index (χ4n) is 1.06. The maximum absolute atomic E-state index is 9.13. The van der Waals surface area contributed by atoms with Crippen molar-refractivity contribution in [1.82, 2.24) is 0 Å². The lowest BCUT2D eigenvalue weighted by molar-refractivity contribution is 0.276. The number of aromatic hydroxyl groups is 1. The third-order valence-electron chi connectivity index (χ3n) is 1.84. The summed E-state index contributed by atoms with van der Waals surface area (Å²) in [6.07, 6.45) is 0.487. The highest BCUT2D eigenvalue weighted by Gasteiger charge is 2.07. The molecule has 4 heteroatoms. The first-order valence-corrected chi connectivity index (χ1v) is 4.38. The molecule has 0 unspecified atom stereocenters. The van der Waals surface area contributed by atoms with Gasteiger partial charge in [0.25, 0.3) is 0 Å². The fourth-order valence-corrected chi connectivity index (χ4v) is 1.25. The Morgan fingerprint density at radius 1 is 1.46 bits per heavy atom. The molecule has 0 aromatic heterocycles. The van der Waals surface area contributed by atoms with E-state index in [9.17, 15) is 0 Å². The molecule has 0 fully saturated rings. The maximum Gasteiger partial charge on any atom is 0.134 e. The van der Waals surface area contributed by atoms with E-state index < -0.39 is 0 Å². The van der Waals surface area contributed by atoms with Gasteiger partial charge in [-0.1, -0.05) is 17.7 Å². The number of rotatable bonds is 3. The molecule has 1 aromatic carbocycles. The van der Waals surface area contributed by atoms with Crippen molar-refractivity contribution in [2.75, 3.05) is 6.61 Å². The molecule has 1 rings (SSSR count). The fraction of sp³-hybridized carbons (Fsp3) is 0.333. The Hall–Kier alpha value is -0.770. The molecule has 0 amide bonds. The van der Waals surface area contributed by atoms with Crippen LogP contribution in [0.2, 0.25) is 5.02 Å². The Labute approximate surface area is 81.8 Å². The van der Waals surface area contributed by atoms with Crippen LogP contribution < -0.4 is 5.73 Å². The molecule has 0 saturated heterocycles. The van der Waals surface area contributed by atoms with Crippen LogP contribution >= 0.6 is 11.6 Å². The van der Waals surface area contributed by atoms with Gasteiger partial charge in [-0.3, -0.25) is 0 Å². The van der Waals surface area contributed by atoms with Crippen molar-refractivity contribution >= 4 is 11.6 Å². The number of hydrogen-bond acceptors (Lipinski definition) is 3. The molecule has 1 aromatic rings. The van der Waals surface area contributed by atoms with E-state index in [-0.39, 0.29) is 23.4 Å². The van der Waals surface area contributed by atoms with E-state index >= 15 is 0 Å². The molecule has 0 aliphatic rings. The topological polar surface area (TPSA) is 66.5 Å². The summed E-state index contributed by atoms with van der Waals surface area (Å²) in [7, 11) is 0. The zero-order valence-corrected chi connectivity index (χ0v) is 7.83. The second kappa shape index (κ2) is 4.46. The first kappa shape index (κ1) is 10.3. The van der Waals surface area contributed by atoms with Crippen LogP contribution in [0.15, 0.2) is 18.2 Å². The summed E-state index contributed by atoms with van der Waals surface area (Å²) in [5.74, 6) is 0.0432. The van der Waals surface area contributed by atoms with Gasteiger partial charge in [-0.25, -0.2) is 0 Å². The molecular formula is C9H12ClNO2. The van der Waals surface area contributed by atoms with E-state index in [1.165, 1.54) is 6.07 Å². The Morgan fingerprint density at radius 2 is 2.15 bits per heavy atom. The summed E-state index contributed by atoms with van der Waals surface area (Å²) >= 11 is 5.69.